The lowest BCUT2D eigenvalue weighted by molar-refractivity contribution is 0.565. The maximum absolute atomic E-state index is 4.24. The van der Waals surface area contributed by atoms with Crippen LogP contribution in [0.25, 0.3) is 0 Å². The van der Waals surface area contributed by atoms with E-state index in [2.05, 4.69) is 46.7 Å². The summed E-state index contributed by atoms with van der Waals surface area (Å²) in [6.45, 7) is 10.3. The van der Waals surface area contributed by atoms with Crippen molar-refractivity contribution in [2.75, 3.05) is 0 Å². The molecule has 1 heterocycles. The topological polar surface area (TPSA) is 25.8 Å². The van der Waals surface area contributed by atoms with Crippen LogP contribution >= 0.6 is 15.9 Å². The van der Waals surface area contributed by atoms with Gasteiger partial charge in [0.1, 0.15) is 4.60 Å². The molecule has 1 aromatic heterocycles. The van der Waals surface area contributed by atoms with Crippen LogP contribution in [0, 0.1) is 0 Å². The Morgan fingerprint density at radius 3 is 1.92 bits per heavy atom. The van der Waals surface area contributed by atoms with Crippen LogP contribution in [-0.2, 0) is 5.41 Å². The predicted molar refractivity (Wildman–Crippen MR) is 59.8 cm³/mol. The lowest BCUT2D eigenvalue weighted by atomic mass is 9.93. The summed E-state index contributed by atoms with van der Waals surface area (Å²) >= 11 is 3.24. The first kappa shape index (κ1) is 12.6. The van der Waals surface area contributed by atoms with Gasteiger partial charge in [-0.25, -0.2) is 4.98 Å². The number of halogens is 1. The van der Waals surface area contributed by atoms with Crippen molar-refractivity contribution in [3.05, 3.63) is 22.7 Å². The van der Waals surface area contributed by atoms with Gasteiger partial charge in [0.15, 0.2) is 0 Å². The van der Waals surface area contributed by atoms with Crippen molar-refractivity contribution >= 4 is 15.9 Å². The van der Waals surface area contributed by atoms with Crippen LogP contribution < -0.4 is 0 Å². The van der Waals surface area contributed by atoms with Gasteiger partial charge in [0.2, 0.25) is 0 Å². The molecule has 2 nitrogen and oxygen atoms in total. The Balaban J connectivity index is 0.000000671. The highest BCUT2D eigenvalue weighted by Crippen LogP contribution is 2.19. The van der Waals surface area contributed by atoms with E-state index in [9.17, 15) is 0 Å². The number of hydrogen-bond donors (Lipinski definition) is 0. The Kier molecular flexibility index (Phi) is 5.14. The molecule has 0 unspecified atom stereocenters. The van der Waals surface area contributed by atoms with Crippen LogP contribution in [0.5, 0.6) is 0 Å². The number of hydrogen-bond acceptors (Lipinski definition) is 2. The third-order valence-electron chi connectivity index (χ3n) is 1.39. The molecule has 0 fully saturated rings. The Morgan fingerprint density at radius 2 is 1.62 bits per heavy atom. The van der Waals surface area contributed by atoms with Gasteiger partial charge in [0, 0.05) is 5.41 Å². The molecular weight excluding hydrogens is 228 g/mol. The largest absolute Gasteiger partial charge is 0.256 e. The summed E-state index contributed by atoms with van der Waals surface area (Å²) in [4.78, 5) is 8.34. The van der Waals surface area contributed by atoms with E-state index >= 15 is 0 Å². The Hall–Kier alpha value is -0.440. The van der Waals surface area contributed by atoms with E-state index in [0.29, 0.717) is 0 Å². The maximum atomic E-state index is 4.24. The summed E-state index contributed by atoms with van der Waals surface area (Å²) in [6.07, 6.45) is 3.52. The molecule has 1 rings (SSSR count). The fourth-order valence-corrected chi connectivity index (χ4v) is 0.904. The number of nitrogens with zero attached hydrogens (tertiary/aromatic N) is 2. The molecule has 3 heteroatoms. The Bertz CT molecular complexity index is 236. The zero-order chi connectivity index (χ0) is 10.5. The molecule has 0 spiro atoms. The molecule has 13 heavy (non-hydrogen) atoms. The number of aromatic nitrogens is 2. The van der Waals surface area contributed by atoms with Gasteiger partial charge in [0.05, 0.1) is 18.1 Å². The van der Waals surface area contributed by atoms with Crippen LogP contribution in [0.15, 0.2) is 17.0 Å². The van der Waals surface area contributed by atoms with Crippen LogP contribution in [0.2, 0.25) is 0 Å². The minimum absolute atomic E-state index is 0.0910. The van der Waals surface area contributed by atoms with Crippen molar-refractivity contribution in [3.63, 3.8) is 0 Å². The zero-order valence-electron chi connectivity index (χ0n) is 8.93. The minimum Gasteiger partial charge on any atom is -0.256 e. The summed E-state index contributed by atoms with van der Waals surface area (Å²) in [7, 11) is 0. The molecule has 0 radical (unpaired) electrons. The third kappa shape index (κ3) is 4.36. The van der Waals surface area contributed by atoms with Crippen molar-refractivity contribution in [1.82, 2.24) is 9.97 Å². The average molecular weight is 245 g/mol. The lowest BCUT2D eigenvalue weighted by Gasteiger charge is -2.16. The molecule has 0 aliphatic carbocycles. The molecule has 1 aromatic rings. The molecule has 0 saturated heterocycles. The molecule has 0 bridgehead atoms. The smallest absolute Gasteiger partial charge is 0.124 e. The fourth-order valence-electron chi connectivity index (χ4n) is 0.700. The standard InChI is InChI=1S/C8H11BrN2.C2H6/c1-8(2,3)6-4-11-7(9)5-10-6;1-2/h4-5H,1-3H3;1-2H3. The van der Waals surface area contributed by atoms with E-state index in [1.54, 1.807) is 12.4 Å². The van der Waals surface area contributed by atoms with Crippen LogP contribution in [0.4, 0.5) is 0 Å². The van der Waals surface area contributed by atoms with E-state index in [-0.39, 0.29) is 5.41 Å². The summed E-state index contributed by atoms with van der Waals surface area (Å²) < 4.78 is 0.783. The highest BCUT2D eigenvalue weighted by molar-refractivity contribution is 9.10. The van der Waals surface area contributed by atoms with Crippen LogP contribution in [0.1, 0.15) is 40.3 Å². The van der Waals surface area contributed by atoms with Crippen molar-refractivity contribution in [1.29, 1.82) is 0 Å². The first-order chi connectivity index (χ1) is 6.00. The quantitative estimate of drug-likeness (QED) is 0.698. The summed E-state index contributed by atoms with van der Waals surface area (Å²) in [5.41, 5.74) is 1.11. The van der Waals surface area contributed by atoms with Crippen LogP contribution in [0.3, 0.4) is 0 Å². The van der Waals surface area contributed by atoms with Gasteiger partial charge in [-0.15, -0.1) is 0 Å². The van der Waals surface area contributed by atoms with Gasteiger partial charge >= 0.3 is 0 Å². The van der Waals surface area contributed by atoms with Gasteiger partial charge in [-0.2, -0.15) is 0 Å². The molecular formula is C10H17BrN2. The van der Waals surface area contributed by atoms with Crippen molar-refractivity contribution in [2.45, 2.75) is 40.0 Å². The zero-order valence-corrected chi connectivity index (χ0v) is 10.5. The molecule has 0 amide bonds. The fraction of sp³-hybridized carbons (Fsp3) is 0.600. The van der Waals surface area contributed by atoms with Gasteiger partial charge in [0.25, 0.3) is 0 Å². The highest BCUT2D eigenvalue weighted by atomic mass is 79.9. The Morgan fingerprint density at radius 1 is 1.08 bits per heavy atom. The Labute approximate surface area is 88.9 Å². The van der Waals surface area contributed by atoms with Gasteiger partial charge < -0.3 is 0 Å². The molecule has 0 aliphatic rings. The lowest BCUT2D eigenvalue weighted by Crippen LogP contribution is -2.13. The minimum atomic E-state index is 0.0910. The normalized spacial score (nSPS) is 10.3. The van der Waals surface area contributed by atoms with E-state index in [1.165, 1.54) is 0 Å². The monoisotopic (exact) mass is 244 g/mol. The molecule has 0 aliphatic heterocycles. The summed E-state index contributed by atoms with van der Waals surface area (Å²) in [6, 6.07) is 0. The number of rotatable bonds is 0. The third-order valence-corrected chi connectivity index (χ3v) is 1.80. The first-order valence-electron chi connectivity index (χ1n) is 4.48. The van der Waals surface area contributed by atoms with Gasteiger partial charge in [-0.1, -0.05) is 34.6 Å². The molecule has 74 valence electrons. The SMILES string of the molecule is CC.CC(C)(C)c1cnc(Br)cn1. The highest BCUT2D eigenvalue weighted by Gasteiger charge is 2.14. The average Bonchev–Trinajstić information content (AvgIpc) is 2.07. The van der Waals surface area contributed by atoms with E-state index in [4.69, 9.17) is 0 Å². The molecule has 0 saturated carbocycles. The second-order valence-electron chi connectivity index (χ2n) is 3.47. The van der Waals surface area contributed by atoms with Gasteiger partial charge in [-0.3, -0.25) is 4.98 Å². The van der Waals surface area contributed by atoms with E-state index in [0.717, 1.165) is 10.3 Å². The van der Waals surface area contributed by atoms with Gasteiger partial charge in [-0.05, 0) is 15.9 Å². The van der Waals surface area contributed by atoms with E-state index < -0.39 is 0 Å². The maximum Gasteiger partial charge on any atom is 0.124 e. The summed E-state index contributed by atoms with van der Waals surface area (Å²) in [5.74, 6) is 0. The van der Waals surface area contributed by atoms with E-state index in [1.807, 2.05) is 13.8 Å². The van der Waals surface area contributed by atoms with Crippen molar-refractivity contribution < 1.29 is 0 Å². The second-order valence-corrected chi connectivity index (χ2v) is 4.29. The second kappa shape index (κ2) is 5.32. The molecule has 0 aromatic carbocycles. The predicted octanol–water partition coefficient (Wildman–Crippen LogP) is 3.56. The summed E-state index contributed by atoms with van der Waals surface area (Å²) in [5, 5.41) is 0. The van der Waals surface area contributed by atoms with Crippen molar-refractivity contribution in [2.24, 2.45) is 0 Å². The molecule has 0 atom stereocenters. The first-order valence-corrected chi connectivity index (χ1v) is 5.27. The van der Waals surface area contributed by atoms with Crippen molar-refractivity contribution in [3.8, 4) is 0 Å². The van der Waals surface area contributed by atoms with Crippen LogP contribution in [-0.4, -0.2) is 9.97 Å². The molecule has 0 N–H and O–H groups in total.